The van der Waals surface area contributed by atoms with E-state index in [1.807, 2.05) is 6.07 Å². The lowest BCUT2D eigenvalue weighted by molar-refractivity contribution is -0.148. The molecule has 2 aliphatic rings. The van der Waals surface area contributed by atoms with Gasteiger partial charge in [0.25, 0.3) is 11.1 Å². The van der Waals surface area contributed by atoms with Crippen LogP contribution in [0.4, 0.5) is 10.5 Å². The SMILES string of the molecule is COC(=O)C(C)N1C(=O)S/C(=C/c2ccc3c(c2)C(C)CC(C)(C)N3C(C)C)C1=O. The largest absolute Gasteiger partial charge is 0.467 e. The summed E-state index contributed by atoms with van der Waals surface area (Å²) in [5.74, 6) is -0.691. The van der Waals surface area contributed by atoms with Crippen LogP contribution >= 0.6 is 11.8 Å². The second-order valence-electron chi connectivity index (χ2n) is 8.95. The molecule has 1 saturated heterocycles. The zero-order chi connectivity index (χ0) is 22.4. The first-order valence-corrected chi connectivity index (χ1v) is 11.1. The Balaban J connectivity index is 1.95. The minimum atomic E-state index is -0.946. The molecule has 1 fully saturated rings. The molecule has 30 heavy (non-hydrogen) atoms. The number of ether oxygens (including phenoxy) is 1. The van der Waals surface area contributed by atoms with Crippen molar-refractivity contribution in [1.29, 1.82) is 0 Å². The first-order valence-electron chi connectivity index (χ1n) is 10.3. The topological polar surface area (TPSA) is 66.9 Å². The maximum atomic E-state index is 12.8. The van der Waals surface area contributed by atoms with Gasteiger partial charge in [0.1, 0.15) is 6.04 Å². The minimum absolute atomic E-state index is 0.0643. The highest BCUT2D eigenvalue weighted by atomic mass is 32.2. The van der Waals surface area contributed by atoms with Gasteiger partial charge in [-0.2, -0.15) is 0 Å². The van der Waals surface area contributed by atoms with Gasteiger partial charge in [-0.25, -0.2) is 4.79 Å². The van der Waals surface area contributed by atoms with E-state index in [-0.39, 0.29) is 5.54 Å². The van der Waals surface area contributed by atoms with E-state index in [1.165, 1.54) is 25.3 Å². The Morgan fingerprint density at radius 1 is 1.27 bits per heavy atom. The van der Waals surface area contributed by atoms with Gasteiger partial charge in [0.05, 0.1) is 12.0 Å². The van der Waals surface area contributed by atoms with Gasteiger partial charge in [0.2, 0.25) is 0 Å². The number of carbonyl (C=O) groups excluding carboxylic acids is 3. The van der Waals surface area contributed by atoms with E-state index < -0.39 is 23.2 Å². The highest BCUT2D eigenvalue weighted by molar-refractivity contribution is 8.18. The second kappa shape index (κ2) is 8.10. The lowest BCUT2D eigenvalue weighted by Gasteiger charge is -2.50. The number of nitrogens with zero attached hydrogens (tertiary/aromatic N) is 2. The molecule has 2 amide bonds. The number of amides is 2. The third-order valence-electron chi connectivity index (χ3n) is 5.87. The molecule has 2 heterocycles. The third-order valence-corrected chi connectivity index (χ3v) is 6.75. The Morgan fingerprint density at radius 2 is 1.93 bits per heavy atom. The molecule has 0 bridgehead atoms. The molecular weight excluding hydrogens is 400 g/mol. The average Bonchev–Trinajstić information content (AvgIpc) is 2.93. The zero-order valence-electron chi connectivity index (χ0n) is 18.7. The van der Waals surface area contributed by atoms with Crippen LogP contribution in [0.2, 0.25) is 0 Å². The van der Waals surface area contributed by atoms with Crippen LogP contribution in [0.25, 0.3) is 6.08 Å². The van der Waals surface area contributed by atoms with Crippen LogP contribution in [0, 0.1) is 0 Å². The molecule has 2 unspecified atom stereocenters. The van der Waals surface area contributed by atoms with Crippen molar-refractivity contribution in [3.8, 4) is 0 Å². The van der Waals surface area contributed by atoms with E-state index >= 15 is 0 Å². The Bertz CT molecular complexity index is 922. The van der Waals surface area contributed by atoms with Crippen LogP contribution < -0.4 is 4.90 Å². The van der Waals surface area contributed by atoms with Crippen LogP contribution in [0.15, 0.2) is 23.1 Å². The van der Waals surface area contributed by atoms with Crippen molar-refractivity contribution in [2.45, 2.75) is 71.5 Å². The summed E-state index contributed by atoms with van der Waals surface area (Å²) in [7, 11) is 1.24. The van der Waals surface area contributed by atoms with Crippen LogP contribution in [-0.2, 0) is 14.3 Å². The summed E-state index contributed by atoms with van der Waals surface area (Å²) in [5.41, 5.74) is 3.41. The van der Waals surface area contributed by atoms with Crippen LogP contribution in [0.5, 0.6) is 0 Å². The van der Waals surface area contributed by atoms with Gasteiger partial charge < -0.3 is 9.64 Å². The number of hydrogen-bond donors (Lipinski definition) is 0. The van der Waals surface area contributed by atoms with E-state index in [9.17, 15) is 14.4 Å². The maximum Gasteiger partial charge on any atom is 0.328 e. The molecule has 1 aromatic rings. The molecule has 0 aromatic heterocycles. The smallest absolute Gasteiger partial charge is 0.328 e. The highest BCUT2D eigenvalue weighted by Crippen LogP contribution is 2.45. The highest BCUT2D eigenvalue weighted by Gasteiger charge is 2.41. The number of imide groups is 1. The summed E-state index contributed by atoms with van der Waals surface area (Å²) in [5, 5.41) is -0.455. The number of hydrogen-bond acceptors (Lipinski definition) is 6. The molecule has 0 aliphatic carbocycles. The fourth-order valence-electron chi connectivity index (χ4n) is 4.78. The standard InChI is InChI=1S/C23H30N2O4S/c1-13(2)25-18-9-8-16(10-17(18)14(3)12-23(25,5)6)11-19-20(26)24(22(28)30-19)15(4)21(27)29-7/h8-11,13-15H,12H2,1-7H3/b19-11+. The first-order chi connectivity index (χ1) is 14.0. The van der Waals surface area contributed by atoms with Gasteiger partial charge in [0.15, 0.2) is 0 Å². The quantitative estimate of drug-likeness (QED) is 0.506. The Kier molecular flexibility index (Phi) is 6.05. The van der Waals surface area contributed by atoms with Gasteiger partial charge >= 0.3 is 5.97 Å². The van der Waals surface area contributed by atoms with Crippen molar-refractivity contribution in [3.63, 3.8) is 0 Å². The molecule has 2 atom stereocenters. The fraction of sp³-hybridized carbons (Fsp3) is 0.522. The van der Waals surface area contributed by atoms with Gasteiger partial charge in [-0.3, -0.25) is 14.5 Å². The van der Waals surface area contributed by atoms with Crippen molar-refractivity contribution < 1.29 is 19.1 Å². The van der Waals surface area contributed by atoms with Gasteiger partial charge in [-0.15, -0.1) is 0 Å². The summed E-state index contributed by atoms with van der Waals surface area (Å²) in [6, 6.07) is 5.63. The molecule has 0 spiro atoms. The van der Waals surface area contributed by atoms with E-state index in [0.717, 1.165) is 28.6 Å². The molecule has 0 N–H and O–H groups in total. The number of benzene rings is 1. The van der Waals surface area contributed by atoms with Crippen molar-refractivity contribution in [2.75, 3.05) is 12.0 Å². The summed E-state index contributed by atoms with van der Waals surface area (Å²) in [6.45, 7) is 12.7. The molecular formula is C23H30N2O4S. The summed E-state index contributed by atoms with van der Waals surface area (Å²) in [6.07, 6.45) is 2.77. The number of anilines is 1. The van der Waals surface area contributed by atoms with E-state index in [4.69, 9.17) is 0 Å². The monoisotopic (exact) mass is 430 g/mol. The lowest BCUT2D eigenvalue weighted by Crippen LogP contribution is -2.51. The predicted molar refractivity (Wildman–Crippen MR) is 120 cm³/mol. The Labute approximate surface area is 182 Å². The first kappa shape index (κ1) is 22.4. The number of fused-ring (bicyclic) bond motifs is 1. The van der Waals surface area contributed by atoms with Crippen LogP contribution in [0.1, 0.15) is 65.0 Å². The van der Waals surface area contributed by atoms with Crippen molar-refractivity contribution >= 4 is 40.6 Å². The van der Waals surface area contributed by atoms with Crippen molar-refractivity contribution in [1.82, 2.24) is 4.90 Å². The van der Waals surface area contributed by atoms with Crippen molar-refractivity contribution in [2.24, 2.45) is 0 Å². The maximum absolute atomic E-state index is 12.8. The molecule has 3 rings (SSSR count). The van der Waals surface area contributed by atoms with E-state index in [2.05, 4.69) is 56.4 Å². The fourth-order valence-corrected chi connectivity index (χ4v) is 5.69. The molecule has 1 aromatic carbocycles. The normalized spacial score (nSPS) is 23.2. The van der Waals surface area contributed by atoms with Gasteiger partial charge in [-0.05, 0) is 88.1 Å². The van der Waals surface area contributed by atoms with E-state index in [0.29, 0.717) is 16.9 Å². The van der Waals surface area contributed by atoms with Gasteiger partial charge in [0, 0.05) is 17.3 Å². The minimum Gasteiger partial charge on any atom is -0.467 e. The van der Waals surface area contributed by atoms with E-state index in [1.54, 1.807) is 6.08 Å². The molecule has 7 heteroatoms. The van der Waals surface area contributed by atoms with Crippen LogP contribution in [0.3, 0.4) is 0 Å². The average molecular weight is 431 g/mol. The van der Waals surface area contributed by atoms with Crippen molar-refractivity contribution in [3.05, 3.63) is 34.2 Å². The molecule has 2 aliphatic heterocycles. The molecule has 162 valence electrons. The zero-order valence-corrected chi connectivity index (χ0v) is 19.5. The molecule has 6 nitrogen and oxygen atoms in total. The number of methoxy groups -OCH3 is 1. The Morgan fingerprint density at radius 3 is 2.53 bits per heavy atom. The summed E-state index contributed by atoms with van der Waals surface area (Å²) < 4.78 is 4.68. The van der Waals surface area contributed by atoms with Gasteiger partial charge in [-0.1, -0.05) is 13.0 Å². The molecule has 0 saturated carbocycles. The lowest BCUT2D eigenvalue weighted by atomic mass is 9.79. The second-order valence-corrected chi connectivity index (χ2v) is 9.94. The summed E-state index contributed by atoms with van der Waals surface area (Å²) >= 11 is 0.857. The third kappa shape index (κ3) is 3.87. The molecule has 0 radical (unpaired) electrons. The van der Waals surface area contributed by atoms with Crippen LogP contribution in [-0.4, -0.2) is 46.7 Å². The number of rotatable bonds is 4. The predicted octanol–water partition coefficient (Wildman–Crippen LogP) is 4.79. The number of thioether (sulfide) groups is 1. The Hall–Kier alpha value is -2.28. The summed E-state index contributed by atoms with van der Waals surface area (Å²) in [4.78, 5) is 40.6. The number of esters is 1. The number of carbonyl (C=O) groups is 3.